The van der Waals surface area contributed by atoms with E-state index in [1.54, 1.807) is 14.2 Å². The van der Waals surface area contributed by atoms with E-state index >= 15 is 0 Å². The van der Waals surface area contributed by atoms with Crippen LogP contribution in [0.5, 0.6) is 17.2 Å². The van der Waals surface area contributed by atoms with Gasteiger partial charge in [-0.05, 0) is 25.5 Å². The van der Waals surface area contributed by atoms with Gasteiger partial charge in [0, 0.05) is 22.3 Å². The first-order chi connectivity index (χ1) is 15.7. The van der Waals surface area contributed by atoms with Gasteiger partial charge >= 0.3 is 0 Å². The predicted molar refractivity (Wildman–Crippen MR) is 131 cm³/mol. The molecule has 0 radical (unpaired) electrons. The van der Waals surface area contributed by atoms with Crippen LogP contribution in [-0.2, 0) is 4.74 Å². The molecule has 0 aromatic heterocycles. The van der Waals surface area contributed by atoms with E-state index in [2.05, 4.69) is 38.1 Å². The minimum absolute atomic E-state index is 0.233. The lowest BCUT2D eigenvalue weighted by Gasteiger charge is -2.20. The highest BCUT2D eigenvalue weighted by Crippen LogP contribution is 2.44. The van der Waals surface area contributed by atoms with Crippen LogP contribution >= 0.6 is 0 Å². The third-order valence-corrected chi connectivity index (χ3v) is 5.51. The number of rotatable bonds is 12. The van der Waals surface area contributed by atoms with E-state index in [0.717, 1.165) is 45.9 Å². The number of unbranched alkanes of at least 4 members (excludes halogenated alkanes) is 1. The molecule has 0 aliphatic heterocycles. The second-order valence-corrected chi connectivity index (χ2v) is 7.75. The summed E-state index contributed by atoms with van der Waals surface area (Å²) < 4.78 is 23.6. The molecule has 0 N–H and O–H groups in total. The van der Waals surface area contributed by atoms with Gasteiger partial charge in [-0.1, -0.05) is 74.4 Å². The molecule has 1 atom stereocenters. The van der Waals surface area contributed by atoms with Gasteiger partial charge in [0.25, 0.3) is 0 Å². The number of benzene rings is 3. The lowest BCUT2D eigenvalue weighted by Crippen LogP contribution is -2.14. The van der Waals surface area contributed by atoms with Crippen LogP contribution < -0.4 is 14.2 Å². The van der Waals surface area contributed by atoms with Crippen LogP contribution in [0.4, 0.5) is 0 Å². The van der Waals surface area contributed by atoms with Crippen LogP contribution in [0.2, 0.25) is 0 Å². The Labute approximate surface area is 192 Å². The summed E-state index contributed by atoms with van der Waals surface area (Å²) in [5.41, 5.74) is 3.92. The fourth-order valence-electron chi connectivity index (χ4n) is 3.82. The first-order valence-electron chi connectivity index (χ1n) is 11.3. The molecular weight excluding hydrogens is 400 g/mol. The van der Waals surface area contributed by atoms with E-state index in [9.17, 15) is 0 Å². The maximum absolute atomic E-state index is 6.39. The normalized spacial score (nSPS) is 11.8. The molecule has 0 spiro atoms. The maximum atomic E-state index is 6.39. The standard InChI is InChI=1S/C28H34O4/c1-5-6-12-21(2)31-19-20-32-28-24(22-13-7-9-17-26(22)29-3)15-11-16-25(28)23-14-8-10-18-27(23)30-4/h7-11,13-18,21H,5-6,12,19-20H2,1-4H3. The number of methoxy groups -OCH3 is 2. The molecule has 3 aromatic rings. The Morgan fingerprint density at radius 2 is 1.22 bits per heavy atom. The van der Waals surface area contributed by atoms with E-state index < -0.39 is 0 Å². The smallest absolute Gasteiger partial charge is 0.135 e. The highest BCUT2D eigenvalue weighted by molar-refractivity contribution is 5.86. The van der Waals surface area contributed by atoms with Gasteiger partial charge in [-0.25, -0.2) is 0 Å². The van der Waals surface area contributed by atoms with Gasteiger partial charge in [0.1, 0.15) is 23.9 Å². The second-order valence-electron chi connectivity index (χ2n) is 7.75. The van der Waals surface area contributed by atoms with E-state index in [4.69, 9.17) is 18.9 Å². The summed E-state index contributed by atoms with van der Waals surface area (Å²) in [5, 5.41) is 0. The first kappa shape index (κ1) is 23.7. The Bertz CT molecular complexity index is 917. The zero-order chi connectivity index (χ0) is 22.8. The Kier molecular flexibility index (Phi) is 9.00. The topological polar surface area (TPSA) is 36.9 Å². The predicted octanol–water partition coefficient (Wildman–Crippen LogP) is 7.01. The number of ether oxygens (including phenoxy) is 4. The van der Waals surface area contributed by atoms with Gasteiger partial charge in [-0.15, -0.1) is 0 Å². The largest absolute Gasteiger partial charge is 0.496 e. The van der Waals surface area contributed by atoms with Crippen molar-refractivity contribution in [1.82, 2.24) is 0 Å². The summed E-state index contributed by atoms with van der Waals surface area (Å²) in [5.74, 6) is 2.41. The molecule has 170 valence electrons. The van der Waals surface area contributed by atoms with Crippen molar-refractivity contribution in [3.05, 3.63) is 66.7 Å². The molecule has 0 heterocycles. The average Bonchev–Trinajstić information content (AvgIpc) is 2.85. The van der Waals surface area contributed by atoms with Crippen LogP contribution in [0, 0.1) is 0 Å². The van der Waals surface area contributed by atoms with Crippen LogP contribution in [0.1, 0.15) is 33.1 Å². The van der Waals surface area contributed by atoms with E-state index in [0.29, 0.717) is 13.2 Å². The zero-order valence-corrected chi connectivity index (χ0v) is 19.6. The minimum Gasteiger partial charge on any atom is -0.496 e. The molecule has 32 heavy (non-hydrogen) atoms. The molecule has 0 bridgehead atoms. The summed E-state index contributed by atoms with van der Waals surface area (Å²) in [4.78, 5) is 0. The van der Waals surface area contributed by atoms with Crippen molar-refractivity contribution in [2.24, 2.45) is 0 Å². The summed E-state index contributed by atoms with van der Waals surface area (Å²) in [6.45, 7) is 5.32. The van der Waals surface area contributed by atoms with Crippen LogP contribution in [0.15, 0.2) is 66.7 Å². The Morgan fingerprint density at radius 3 is 1.75 bits per heavy atom. The molecule has 0 saturated carbocycles. The van der Waals surface area contributed by atoms with Crippen molar-refractivity contribution in [2.45, 2.75) is 39.2 Å². The van der Waals surface area contributed by atoms with Gasteiger partial charge in [0.2, 0.25) is 0 Å². The monoisotopic (exact) mass is 434 g/mol. The maximum Gasteiger partial charge on any atom is 0.135 e. The summed E-state index contributed by atoms with van der Waals surface area (Å²) >= 11 is 0. The molecule has 0 aliphatic rings. The van der Waals surface area contributed by atoms with Crippen molar-refractivity contribution < 1.29 is 18.9 Å². The molecular formula is C28H34O4. The van der Waals surface area contributed by atoms with E-state index in [1.807, 2.05) is 42.5 Å². The molecule has 4 heteroatoms. The SMILES string of the molecule is CCCCC(C)OCCOc1c(-c2ccccc2OC)cccc1-c1ccccc1OC. The van der Waals surface area contributed by atoms with Gasteiger partial charge in [-0.2, -0.15) is 0 Å². The lowest BCUT2D eigenvalue weighted by molar-refractivity contribution is 0.0389. The molecule has 0 fully saturated rings. The summed E-state index contributed by atoms with van der Waals surface area (Å²) in [7, 11) is 3.38. The average molecular weight is 435 g/mol. The van der Waals surface area contributed by atoms with Crippen molar-refractivity contribution >= 4 is 0 Å². The fourth-order valence-corrected chi connectivity index (χ4v) is 3.82. The molecule has 4 nitrogen and oxygen atoms in total. The minimum atomic E-state index is 0.233. The number of para-hydroxylation sites is 3. The third kappa shape index (κ3) is 5.83. The molecule has 3 aromatic carbocycles. The van der Waals surface area contributed by atoms with Crippen LogP contribution in [0.25, 0.3) is 22.3 Å². The fraction of sp³-hybridized carbons (Fsp3) is 0.357. The molecule has 1 unspecified atom stereocenters. The number of hydrogen-bond acceptors (Lipinski definition) is 4. The Morgan fingerprint density at radius 1 is 0.688 bits per heavy atom. The van der Waals surface area contributed by atoms with E-state index in [1.165, 1.54) is 12.8 Å². The first-order valence-corrected chi connectivity index (χ1v) is 11.3. The van der Waals surface area contributed by atoms with Gasteiger partial charge in [0.05, 0.1) is 26.9 Å². The van der Waals surface area contributed by atoms with Gasteiger partial charge in [0.15, 0.2) is 0 Å². The third-order valence-electron chi connectivity index (χ3n) is 5.51. The quantitative estimate of drug-likeness (QED) is 0.287. The zero-order valence-electron chi connectivity index (χ0n) is 19.6. The second kappa shape index (κ2) is 12.2. The molecule has 0 amide bonds. The van der Waals surface area contributed by atoms with Crippen molar-refractivity contribution in [2.75, 3.05) is 27.4 Å². The van der Waals surface area contributed by atoms with Crippen molar-refractivity contribution in [3.8, 4) is 39.5 Å². The van der Waals surface area contributed by atoms with E-state index in [-0.39, 0.29) is 6.10 Å². The highest BCUT2D eigenvalue weighted by atomic mass is 16.5. The summed E-state index contributed by atoms with van der Waals surface area (Å²) in [6, 6.07) is 22.2. The molecule has 0 saturated heterocycles. The Hall–Kier alpha value is -2.98. The highest BCUT2D eigenvalue weighted by Gasteiger charge is 2.18. The van der Waals surface area contributed by atoms with Gasteiger partial charge in [-0.3, -0.25) is 0 Å². The van der Waals surface area contributed by atoms with Crippen LogP contribution in [-0.4, -0.2) is 33.5 Å². The summed E-state index contributed by atoms with van der Waals surface area (Å²) in [6.07, 6.45) is 3.66. The van der Waals surface area contributed by atoms with Crippen molar-refractivity contribution in [1.29, 1.82) is 0 Å². The Balaban J connectivity index is 1.95. The molecule has 0 aliphatic carbocycles. The molecule has 3 rings (SSSR count). The van der Waals surface area contributed by atoms with Crippen LogP contribution in [0.3, 0.4) is 0 Å². The lowest BCUT2D eigenvalue weighted by atomic mass is 9.96. The number of hydrogen-bond donors (Lipinski definition) is 0. The van der Waals surface area contributed by atoms with Gasteiger partial charge < -0.3 is 18.9 Å². The van der Waals surface area contributed by atoms with Crippen molar-refractivity contribution in [3.63, 3.8) is 0 Å².